The van der Waals surface area contributed by atoms with Gasteiger partial charge in [0.1, 0.15) is 5.60 Å². The lowest BCUT2D eigenvalue weighted by Gasteiger charge is -2.52. The summed E-state index contributed by atoms with van der Waals surface area (Å²) in [4.78, 5) is 18.0. The molecule has 6 rings (SSSR count). The van der Waals surface area contributed by atoms with E-state index in [1.165, 1.54) is 5.56 Å². The van der Waals surface area contributed by atoms with Crippen LogP contribution in [0.2, 0.25) is 0 Å². The van der Waals surface area contributed by atoms with Crippen LogP contribution in [0.1, 0.15) is 30.4 Å². The zero-order valence-electron chi connectivity index (χ0n) is 19.6. The van der Waals surface area contributed by atoms with Gasteiger partial charge in [0.2, 0.25) is 0 Å². The molecule has 2 bridgehead atoms. The summed E-state index contributed by atoms with van der Waals surface area (Å²) < 4.78 is 6.53. The molecular formula is C30H32N2O2. The van der Waals surface area contributed by atoms with Gasteiger partial charge in [0.05, 0.1) is 6.54 Å². The Morgan fingerprint density at radius 2 is 1.53 bits per heavy atom. The van der Waals surface area contributed by atoms with Crippen molar-refractivity contribution in [2.75, 3.05) is 24.5 Å². The second-order valence-corrected chi connectivity index (χ2v) is 9.41. The van der Waals surface area contributed by atoms with Crippen LogP contribution in [0.3, 0.4) is 0 Å². The van der Waals surface area contributed by atoms with Gasteiger partial charge in [-0.1, -0.05) is 91.0 Å². The molecule has 1 atom stereocenters. The summed E-state index contributed by atoms with van der Waals surface area (Å²) in [6.07, 6.45) is 6.95. The van der Waals surface area contributed by atoms with E-state index in [1.54, 1.807) is 4.90 Å². The summed E-state index contributed by atoms with van der Waals surface area (Å²) >= 11 is 0. The molecule has 4 heteroatoms. The van der Waals surface area contributed by atoms with Gasteiger partial charge in [-0.25, -0.2) is 4.79 Å². The molecule has 174 valence electrons. The lowest BCUT2D eigenvalue weighted by Crippen LogP contribution is -2.61. The number of para-hydroxylation sites is 1. The Hall–Kier alpha value is -3.37. The standard InChI is InChI=1S/C30H32N2O2/c33-29(32(28-16-8-3-9-17-28)23-26-13-6-2-7-14-26)34-30(24-31-21-18-27(30)19-22-31)20-10-15-25-11-4-1-5-12-25/h1-17,27H,18-24H2/t30-/m0/s1. The number of ether oxygens (including phenoxy) is 1. The molecule has 0 spiro atoms. The van der Waals surface area contributed by atoms with Gasteiger partial charge < -0.3 is 4.74 Å². The Balaban J connectivity index is 1.40. The van der Waals surface area contributed by atoms with Crippen LogP contribution in [0, 0.1) is 5.92 Å². The van der Waals surface area contributed by atoms with Crippen LogP contribution in [-0.4, -0.2) is 36.2 Å². The van der Waals surface area contributed by atoms with Crippen molar-refractivity contribution < 1.29 is 9.53 Å². The highest BCUT2D eigenvalue weighted by atomic mass is 16.6. The first-order valence-electron chi connectivity index (χ1n) is 12.3. The van der Waals surface area contributed by atoms with E-state index < -0.39 is 5.60 Å². The highest BCUT2D eigenvalue weighted by molar-refractivity contribution is 5.88. The molecule has 0 saturated carbocycles. The number of rotatable bonds is 7. The van der Waals surface area contributed by atoms with Gasteiger partial charge in [-0.15, -0.1) is 0 Å². The van der Waals surface area contributed by atoms with Crippen molar-refractivity contribution in [3.63, 3.8) is 0 Å². The van der Waals surface area contributed by atoms with E-state index in [0.717, 1.165) is 50.1 Å². The number of carbonyl (C=O) groups is 1. The molecule has 3 saturated heterocycles. The molecule has 0 aliphatic carbocycles. The van der Waals surface area contributed by atoms with Crippen LogP contribution in [0.25, 0.3) is 6.08 Å². The Kier molecular flexibility index (Phi) is 6.77. The molecule has 1 amide bonds. The first-order valence-corrected chi connectivity index (χ1v) is 12.3. The molecular weight excluding hydrogens is 420 g/mol. The zero-order chi connectivity index (χ0) is 23.2. The molecule has 3 fully saturated rings. The number of fused-ring (bicyclic) bond motifs is 3. The van der Waals surface area contributed by atoms with Gasteiger partial charge in [0.25, 0.3) is 0 Å². The van der Waals surface area contributed by atoms with E-state index in [0.29, 0.717) is 12.5 Å². The molecule has 0 N–H and O–H groups in total. The minimum absolute atomic E-state index is 0.267. The summed E-state index contributed by atoms with van der Waals surface area (Å²) in [5, 5.41) is 0. The van der Waals surface area contributed by atoms with Crippen molar-refractivity contribution >= 4 is 17.9 Å². The highest BCUT2D eigenvalue weighted by Gasteiger charge is 2.49. The third-order valence-corrected chi connectivity index (χ3v) is 7.16. The van der Waals surface area contributed by atoms with E-state index >= 15 is 0 Å². The van der Waals surface area contributed by atoms with Crippen LogP contribution in [-0.2, 0) is 11.3 Å². The van der Waals surface area contributed by atoms with Crippen LogP contribution in [0.4, 0.5) is 10.5 Å². The van der Waals surface area contributed by atoms with Gasteiger partial charge >= 0.3 is 6.09 Å². The van der Waals surface area contributed by atoms with Crippen LogP contribution >= 0.6 is 0 Å². The molecule has 3 aliphatic heterocycles. The second-order valence-electron chi connectivity index (χ2n) is 9.41. The number of carbonyl (C=O) groups excluding carboxylic acids is 1. The molecule has 0 radical (unpaired) electrons. The fraction of sp³-hybridized carbons (Fsp3) is 0.300. The van der Waals surface area contributed by atoms with Crippen molar-refractivity contribution in [1.29, 1.82) is 0 Å². The topological polar surface area (TPSA) is 32.8 Å². The summed E-state index contributed by atoms with van der Waals surface area (Å²) in [5.74, 6) is 0.385. The molecule has 0 aromatic heterocycles. The summed E-state index contributed by atoms with van der Waals surface area (Å²) in [6, 6.07) is 30.3. The smallest absolute Gasteiger partial charge is 0.415 e. The predicted molar refractivity (Wildman–Crippen MR) is 138 cm³/mol. The average Bonchev–Trinajstić information content (AvgIpc) is 2.89. The van der Waals surface area contributed by atoms with Gasteiger partial charge in [-0.2, -0.15) is 0 Å². The molecule has 3 aromatic carbocycles. The quantitative estimate of drug-likeness (QED) is 0.416. The number of amides is 1. The van der Waals surface area contributed by atoms with Gasteiger partial charge in [0, 0.05) is 24.6 Å². The average molecular weight is 453 g/mol. The molecule has 34 heavy (non-hydrogen) atoms. The minimum Gasteiger partial charge on any atom is -0.441 e. The zero-order valence-corrected chi connectivity index (χ0v) is 19.6. The normalized spacial score (nSPS) is 23.6. The first-order chi connectivity index (χ1) is 16.7. The third kappa shape index (κ3) is 5.07. The van der Waals surface area contributed by atoms with E-state index in [1.807, 2.05) is 66.7 Å². The highest BCUT2D eigenvalue weighted by Crippen LogP contribution is 2.41. The molecule has 3 aliphatic rings. The Morgan fingerprint density at radius 1 is 0.912 bits per heavy atom. The Morgan fingerprint density at radius 3 is 2.15 bits per heavy atom. The van der Waals surface area contributed by atoms with Crippen molar-refractivity contribution in [2.24, 2.45) is 5.92 Å². The fourth-order valence-electron chi connectivity index (χ4n) is 5.34. The number of piperidine rings is 3. The number of hydrogen-bond donors (Lipinski definition) is 0. The molecule has 0 unspecified atom stereocenters. The first kappa shape index (κ1) is 22.4. The number of benzene rings is 3. The van der Waals surface area contributed by atoms with Crippen molar-refractivity contribution in [3.8, 4) is 0 Å². The van der Waals surface area contributed by atoms with Crippen molar-refractivity contribution in [3.05, 3.63) is 108 Å². The Bertz CT molecular complexity index is 1090. The second kappa shape index (κ2) is 10.3. The monoisotopic (exact) mass is 452 g/mol. The maximum atomic E-state index is 13.8. The molecule has 3 aromatic rings. The van der Waals surface area contributed by atoms with Crippen molar-refractivity contribution in [2.45, 2.75) is 31.4 Å². The minimum atomic E-state index is -0.497. The van der Waals surface area contributed by atoms with Crippen molar-refractivity contribution in [1.82, 2.24) is 4.90 Å². The van der Waals surface area contributed by atoms with Gasteiger partial charge in [0.15, 0.2) is 0 Å². The maximum absolute atomic E-state index is 13.8. The van der Waals surface area contributed by atoms with Crippen LogP contribution in [0.5, 0.6) is 0 Å². The number of hydrogen-bond acceptors (Lipinski definition) is 3. The molecule has 3 heterocycles. The summed E-state index contributed by atoms with van der Waals surface area (Å²) in [7, 11) is 0. The lowest BCUT2D eigenvalue weighted by molar-refractivity contribution is -0.111. The summed E-state index contributed by atoms with van der Waals surface area (Å²) in [6.45, 7) is 3.47. The Labute approximate surface area is 202 Å². The van der Waals surface area contributed by atoms with E-state index in [9.17, 15) is 4.79 Å². The van der Waals surface area contributed by atoms with Crippen LogP contribution < -0.4 is 4.90 Å². The van der Waals surface area contributed by atoms with Crippen LogP contribution in [0.15, 0.2) is 97.1 Å². The van der Waals surface area contributed by atoms with E-state index in [4.69, 9.17) is 4.74 Å². The van der Waals surface area contributed by atoms with Gasteiger partial charge in [-0.3, -0.25) is 9.80 Å². The number of nitrogens with zero attached hydrogens (tertiary/aromatic N) is 2. The summed E-state index contributed by atoms with van der Waals surface area (Å²) in [5.41, 5.74) is 2.60. The fourth-order valence-corrected chi connectivity index (χ4v) is 5.34. The predicted octanol–water partition coefficient (Wildman–Crippen LogP) is 6.40. The maximum Gasteiger partial charge on any atom is 0.415 e. The van der Waals surface area contributed by atoms with Gasteiger partial charge in [-0.05, 0) is 49.2 Å². The lowest BCUT2D eigenvalue weighted by atomic mass is 9.73. The number of anilines is 1. The third-order valence-electron chi connectivity index (χ3n) is 7.16. The SMILES string of the molecule is O=C(O[C@@]1(CC=Cc2ccccc2)CN2CCC1CC2)N(Cc1ccccc1)c1ccccc1. The van der Waals surface area contributed by atoms with E-state index in [-0.39, 0.29) is 6.09 Å². The van der Waals surface area contributed by atoms with E-state index in [2.05, 4.69) is 41.3 Å². The largest absolute Gasteiger partial charge is 0.441 e. The molecule has 4 nitrogen and oxygen atoms in total.